The van der Waals surface area contributed by atoms with Crippen LogP contribution in [-0.4, -0.2) is 0 Å². The second-order valence-electron chi connectivity index (χ2n) is 4.24. The lowest BCUT2D eigenvalue weighted by molar-refractivity contribution is 0.379. The highest BCUT2D eigenvalue weighted by atomic mass is 14.1. The van der Waals surface area contributed by atoms with E-state index in [2.05, 4.69) is 33.9 Å². The van der Waals surface area contributed by atoms with Gasteiger partial charge in [0.1, 0.15) is 0 Å². The maximum absolute atomic E-state index is 3.76. The summed E-state index contributed by atoms with van der Waals surface area (Å²) in [5.41, 5.74) is 1.68. The van der Waals surface area contributed by atoms with Crippen molar-refractivity contribution < 1.29 is 0 Å². The fourth-order valence-corrected chi connectivity index (χ4v) is 0.924. The molecular weight excluding hydrogens is 144 g/mol. The normalized spacial score (nSPS) is 12.8. The molecule has 0 radical (unpaired) electrons. The Morgan fingerprint density at radius 3 is 2.17 bits per heavy atom. The summed E-state index contributed by atoms with van der Waals surface area (Å²) in [4.78, 5) is 0. The molecule has 0 unspecified atom stereocenters. The molecule has 0 saturated heterocycles. The molecule has 0 bridgehead atoms. The summed E-state index contributed by atoms with van der Waals surface area (Å²) < 4.78 is 0. The van der Waals surface area contributed by atoms with E-state index in [-0.39, 0.29) is 0 Å². The van der Waals surface area contributed by atoms with Gasteiger partial charge < -0.3 is 0 Å². The quantitative estimate of drug-likeness (QED) is 0.548. The molecule has 12 heavy (non-hydrogen) atoms. The molecule has 0 fully saturated rings. The number of hydrogen-bond donors (Lipinski definition) is 0. The zero-order chi connectivity index (χ0) is 9.61. The smallest absolute Gasteiger partial charge is 0.0274 e. The minimum absolute atomic E-state index is 0.406. The third-order valence-corrected chi connectivity index (χ3v) is 1.76. The predicted octanol–water partition coefficient (Wildman–Crippen LogP) is 4.11. The first-order chi connectivity index (χ1) is 5.49. The minimum atomic E-state index is 0.406. The van der Waals surface area contributed by atoms with Gasteiger partial charge in [0.2, 0.25) is 0 Å². The molecule has 0 aromatic carbocycles. The lowest BCUT2D eigenvalue weighted by Crippen LogP contribution is -2.04. The van der Waals surface area contributed by atoms with Crippen molar-refractivity contribution >= 4 is 0 Å². The van der Waals surface area contributed by atoms with Gasteiger partial charge in [-0.25, -0.2) is 0 Å². The largest absolute Gasteiger partial charge is 0.0991 e. The Hall–Kier alpha value is -0.780. The SMILES string of the molecule is C=C/C=C(\C=C)CCC(C)(C)C. The van der Waals surface area contributed by atoms with Crippen LogP contribution in [0.15, 0.2) is 37.0 Å². The van der Waals surface area contributed by atoms with E-state index in [1.165, 1.54) is 12.0 Å². The zero-order valence-electron chi connectivity index (χ0n) is 8.56. The minimum Gasteiger partial charge on any atom is -0.0991 e. The van der Waals surface area contributed by atoms with Gasteiger partial charge in [-0.15, -0.1) is 0 Å². The van der Waals surface area contributed by atoms with Crippen LogP contribution in [0.4, 0.5) is 0 Å². The number of hydrogen-bond acceptors (Lipinski definition) is 0. The Bertz CT molecular complexity index is 177. The summed E-state index contributed by atoms with van der Waals surface area (Å²) in [6.45, 7) is 14.2. The van der Waals surface area contributed by atoms with Gasteiger partial charge in [0, 0.05) is 0 Å². The summed E-state index contributed by atoms with van der Waals surface area (Å²) in [6.07, 6.45) is 8.05. The fourth-order valence-electron chi connectivity index (χ4n) is 0.924. The Morgan fingerprint density at radius 2 is 1.83 bits per heavy atom. The highest BCUT2D eigenvalue weighted by Gasteiger charge is 2.09. The van der Waals surface area contributed by atoms with Crippen LogP contribution in [0.3, 0.4) is 0 Å². The van der Waals surface area contributed by atoms with Crippen molar-refractivity contribution in [3.63, 3.8) is 0 Å². The van der Waals surface area contributed by atoms with Crippen molar-refractivity contribution in [3.8, 4) is 0 Å². The molecule has 0 heterocycles. The summed E-state index contributed by atoms with van der Waals surface area (Å²) in [5, 5.41) is 0. The molecule has 0 aliphatic rings. The molecule has 0 aromatic heterocycles. The van der Waals surface area contributed by atoms with Crippen molar-refractivity contribution in [1.82, 2.24) is 0 Å². The van der Waals surface area contributed by atoms with Crippen molar-refractivity contribution in [1.29, 1.82) is 0 Å². The van der Waals surface area contributed by atoms with E-state index in [0.29, 0.717) is 5.41 Å². The van der Waals surface area contributed by atoms with Crippen LogP contribution in [0.5, 0.6) is 0 Å². The Morgan fingerprint density at radius 1 is 1.25 bits per heavy atom. The maximum Gasteiger partial charge on any atom is -0.0274 e. The van der Waals surface area contributed by atoms with E-state index in [0.717, 1.165) is 6.42 Å². The second-order valence-corrected chi connectivity index (χ2v) is 4.24. The van der Waals surface area contributed by atoms with E-state index >= 15 is 0 Å². The Labute approximate surface area is 76.7 Å². The van der Waals surface area contributed by atoms with E-state index in [1.54, 1.807) is 0 Å². The Kier molecular flexibility index (Phi) is 4.65. The van der Waals surface area contributed by atoms with Crippen LogP contribution >= 0.6 is 0 Å². The summed E-state index contributed by atoms with van der Waals surface area (Å²) in [5.74, 6) is 0. The first-order valence-electron chi connectivity index (χ1n) is 4.43. The first-order valence-corrected chi connectivity index (χ1v) is 4.43. The maximum atomic E-state index is 3.76. The van der Waals surface area contributed by atoms with Crippen LogP contribution in [-0.2, 0) is 0 Å². The van der Waals surface area contributed by atoms with Crippen molar-refractivity contribution in [2.45, 2.75) is 33.6 Å². The van der Waals surface area contributed by atoms with Gasteiger partial charge >= 0.3 is 0 Å². The van der Waals surface area contributed by atoms with Crippen molar-refractivity contribution in [3.05, 3.63) is 37.0 Å². The van der Waals surface area contributed by atoms with Gasteiger partial charge in [-0.05, 0) is 23.8 Å². The summed E-state index contributed by atoms with van der Waals surface area (Å²) in [6, 6.07) is 0. The molecule has 0 amide bonds. The average molecular weight is 164 g/mol. The topological polar surface area (TPSA) is 0 Å². The lowest BCUT2D eigenvalue weighted by Gasteiger charge is -2.17. The third kappa shape index (κ3) is 5.96. The van der Waals surface area contributed by atoms with Crippen LogP contribution in [0.25, 0.3) is 0 Å². The van der Waals surface area contributed by atoms with Gasteiger partial charge in [0.25, 0.3) is 0 Å². The molecule has 0 heteroatoms. The molecular formula is C12H20. The molecule has 0 saturated carbocycles. The van der Waals surface area contributed by atoms with E-state index in [4.69, 9.17) is 0 Å². The van der Waals surface area contributed by atoms with Gasteiger partial charge in [-0.2, -0.15) is 0 Å². The molecule has 0 aromatic rings. The van der Waals surface area contributed by atoms with Crippen LogP contribution < -0.4 is 0 Å². The van der Waals surface area contributed by atoms with Gasteiger partial charge in [0.15, 0.2) is 0 Å². The predicted molar refractivity (Wildman–Crippen MR) is 57.2 cm³/mol. The van der Waals surface area contributed by atoms with E-state index in [9.17, 15) is 0 Å². The second kappa shape index (κ2) is 4.97. The van der Waals surface area contributed by atoms with E-state index < -0.39 is 0 Å². The molecule has 0 aliphatic heterocycles. The lowest BCUT2D eigenvalue weighted by atomic mass is 9.88. The molecule has 68 valence electrons. The molecule has 0 atom stereocenters. The van der Waals surface area contributed by atoms with Crippen molar-refractivity contribution in [2.24, 2.45) is 5.41 Å². The van der Waals surface area contributed by atoms with Gasteiger partial charge in [0.05, 0.1) is 0 Å². The summed E-state index contributed by atoms with van der Waals surface area (Å²) >= 11 is 0. The number of rotatable bonds is 4. The zero-order valence-corrected chi connectivity index (χ0v) is 8.56. The molecule has 0 nitrogen and oxygen atoms in total. The van der Waals surface area contributed by atoms with E-state index in [1.807, 2.05) is 18.2 Å². The monoisotopic (exact) mass is 164 g/mol. The molecule has 0 N–H and O–H groups in total. The third-order valence-electron chi connectivity index (χ3n) is 1.76. The molecule has 0 rings (SSSR count). The Balaban J connectivity index is 3.98. The molecule has 0 spiro atoms. The highest BCUT2D eigenvalue weighted by Crippen LogP contribution is 2.23. The highest BCUT2D eigenvalue weighted by molar-refractivity contribution is 5.20. The van der Waals surface area contributed by atoms with Crippen LogP contribution in [0.2, 0.25) is 0 Å². The molecule has 0 aliphatic carbocycles. The first kappa shape index (κ1) is 11.2. The summed E-state index contributed by atoms with van der Waals surface area (Å²) in [7, 11) is 0. The van der Waals surface area contributed by atoms with Gasteiger partial charge in [-0.3, -0.25) is 0 Å². The van der Waals surface area contributed by atoms with Crippen molar-refractivity contribution in [2.75, 3.05) is 0 Å². The van der Waals surface area contributed by atoms with Crippen LogP contribution in [0, 0.1) is 5.41 Å². The van der Waals surface area contributed by atoms with Crippen LogP contribution in [0.1, 0.15) is 33.6 Å². The standard InChI is InChI=1S/C12H20/c1-6-8-11(7-2)9-10-12(3,4)5/h6-8H,1-2,9-10H2,3-5H3/b11-8+. The average Bonchev–Trinajstić information content (AvgIpc) is 1.96. The van der Waals surface area contributed by atoms with Gasteiger partial charge in [-0.1, -0.05) is 52.2 Å². The number of allylic oxidation sites excluding steroid dienone is 4. The fraction of sp³-hybridized carbons (Fsp3) is 0.500.